The molecule has 0 aliphatic carbocycles. The van der Waals surface area contributed by atoms with Gasteiger partial charge in [-0.25, -0.2) is 0 Å². The molecule has 102 valence electrons. The van der Waals surface area contributed by atoms with Crippen LogP contribution in [-0.4, -0.2) is 34.1 Å². The van der Waals surface area contributed by atoms with E-state index in [4.69, 9.17) is 0 Å². The molecule has 0 saturated carbocycles. The fourth-order valence-electron chi connectivity index (χ4n) is 3.46. The lowest BCUT2D eigenvalue weighted by Gasteiger charge is -2.37. The van der Waals surface area contributed by atoms with Crippen LogP contribution in [0.3, 0.4) is 0 Å². The summed E-state index contributed by atoms with van der Waals surface area (Å²) in [6, 6.07) is 6.21. The van der Waals surface area contributed by atoms with Gasteiger partial charge in [-0.05, 0) is 50.3 Å². The standard InChI is InChI=1S/C15H18BrNO2/c1-9-13(3-2-4-14(9)16)15(19)17-10-5-6-11(17)8-12(18)7-10/h2-4,10-12,18H,5-8H2,1H3. The highest BCUT2D eigenvalue weighted by Crippen LogP contribution is 2.37. The van der Waals surface area contributed by atoms with Crippen molar-refractivity contribution in [1.29, 1.82) is 0 Å². The SMILES string of the molecule is Cc1c(Br)cccc1C(=O)N1C2CCC1CC(O)C2. The number of amides is 1. The highest BCUT2D eigenvalue weighted by atomic mass is 79.9. The van der Waals surface area contributed by atoms with Gasteiger partial charge in [0.1, 0.15) is 0 Å². The number of aliphatic hydroxyl groups is 1. The molecular formula is C15H18BrNO2. The molecule has 1 aromatic carbocycles. The molecule has 2 atom stereocenters. The zero-order valence-corrected chi connectivity index (χ0v) is 12.6. The lowest BCUT2D eigenvalue weighted by atomic mass is 9.98. The highest BCUT2D eigenvalue weighted by Gasteiger charge is 2.43. The lowest BCUT2D eigenvalue weighted by molar-refractivity contribution is 0.0286. The molecule has 4 heteroatoms. The number of hydrogen-bond acceptors (Lipinski definition) is 2. The summed E-state index contributed by atoms with van der Waals surface area (Å²) in [4.78, 5) is 14.8. The largest absolute Gasteiger partial charge is 0.393 e. The van der Waals surface area contributed by atoms with Gasteiger partial charge in [-0.15, -0.1) is 0 Å². The van der Waals surface area contributed by atoms with Crippen LogP contribution in [0.15, 0.2) is 22.7 Å². The van der Waals surface area contributed by atoms with Crippen molar-refractivity contribution in [2.75, 3.05) is 0 Å². The Balaban J connectivity index is 1.91. The van der Waals surface area contributed by atoms with Gasteiger partial charge in [0.15, 0.2) is 0 Å². The Morgan fingerprint density at radius 2 is 1.95 bits per heavy atom. The molecule has 1 aromatic rings. The molecule has 3 rings (SSSR count). The molecule has 2 fully saturated rings. The Hall–Kier alpha value is -0.870. The van der Waals surface area contributed by atoms with Crippen LogP contribution in [0.1, 0.15) is 41.6 Å². The van der Waals surface area contributed by atoms with E-state index in [1.54, 1.807) is 0 Å². The Morgan fingerprint density at radius 3 is 2.58 bits per heavy atom. The van der Waals surface area contributed by atoms with Crippen molar-refractivity contribution in [3.8, 4) is 0 Å². The van der Waals surface area contributed by atoms with Gasteiger partial charge in [-0.1, -0.05) is 22.0 Å². The van der Waals surface area contributed by atoms with Crippen LogP contribution in [0.25, 0.3) is 0 Å². The van der Waals surface area contributed by atoms with Gasteiger partial charge in [0, 0.05) is 22.1 Å². The van der Waals surface area contributed by atoms with Gasteiger partial charge < -0.3 is 10.0 Å². The summed E-state index contributed by atoms with van der Waals surface area (Å²) >= 11 is 3.48. The monoisotopic (exact) mass is 323 g/mol. The van der Waals surface area contributed by atoms with Crippen molar-refractivity contribution in [2.45, 2.75) is 50.8 Å². The number of rotatable bonds is 1. The Morgan fingerprint density at radius 1 is 1.32 bits per heavy atom. The van der Waals surface area contributed by atoms with E-state index in [-0.39, 0.29) is 24.1 Å². The second-order valence-corrected chi connectivity index (χ2v) is 6.49. The molecule has 2 aliphatic heterocycles. The lowest BCUT2D eigenvalue weighted by Crippen LogP contribution is -2.48. The second kappa shape index (κ2) is 4.91. The third-order valence-electron chi connectivity index (χ3n) is 4.44. The Kier molecular flexibility index (Phi) is 3.39. The van der Waals surface area contributed by atoms with E-state index < -0.39 is 0 Å². The molecule has 19 heavy (non-hydrogen) atoms. The maximum atomic E-state index is 12.8. The van der Waals surface area contributed by atoms with Crippen LogP contribution in [0.5, 0.6) is 0 Å². The summed E-state index contributed by atoms with van der Waals surface area (Å²) in [5, 5.41) is 9.81. The normalized spacial score (nSPS) is 29.6. The Bertz CT molecular complexity index is 503. The summed E-state index contributed by atoms with van der Waals surface area (Å²) in [6.45, 7) is 1.97. The van der Waals surface area contributed by atoms with Gasteiger partial charge in [0.05, 0.1) is 6.10 Å². The Labute approximate surface area is 121 Å². The number of nitrogens with zero attached hydrogens (tertiary/aromatic N) is 1. The molecule has 1 amide bonds. The molecule has 2 heterocycles. The first kappa shape index (κ1) is 13.1. The highest BCUT2D eigenvalue weighted by molar-refractivity contribution is 9.10. The number of carbonyl (C=O) groups excluding carboxylic acids is 1. The van der Waals surface area contributed by atoms with Crippen LogP contribution < -0.4 is 0 Å². The van der Waals surface area contributed by atoms with E-state index in [0.29, 0.717) is 0 Å². The molecule has 0 aromatic heterocycles. The summed E-state index contributed by atoms with van der Waals surface area (Å²) < 4.78 is 0.975. The fourth-order valence-corrected chi connectivity index (χ4v) is 3.82. The van der Waals surface area contributed by atoms with Crippen LogP contribution in [0, 0.1) is 6.92 Å². The molecule has 0 spiro atoms. The summed E-state index contributed by atoms with van der Waals surface area (Å²) in [7, 11) is 0. The van der Waals surface area contributed by atoms with Crippen LogP contribution in [0.2, 0.25) is 0 Å². The van der Waals surface area contributed by atoms with Crippen molar-refractivity contribution in [3.05, 3.63) is 33.8 Å². The van der Waals surface area contributed by atoms with E-state index in [1.807, 2.05) is 30.0 Å². The van der Waals surface area contributed by atoms with Gasteiger partial charge in [0.25, 0.3) is 5.91 Å². The third kappa shape index (κ3) is 2.21. The molecule has 0 radical (unpaired) electrons. The van der Waals surface area contributed by atoms with Gasteiger partial charge in [0.2, 0.25) is 0 Å². The van der Waals surface area contributed by atoms with Crippen molar-refractivity contribution in [2.24, 2.45) is 0 Å². The smallest absolute Gasteiger partial charge is 0.254 e. The maximum absolute atomic E-state index is 12.8. The quantitative estimate of drug-likeness (QED) is 0.863. The first-order valence-corrected chi connectivity index (χ1v) is 7.63. The molecule has 3 nitrogen and oxygen atoms in total. The van der Waals surface area contributed by atoms with Crippen LogP contribution in [0.4, 0.5) is 0 Å². The topological polar surface area (TPSA) is 40.5 Å². The zero-order valence-electron chi connectivity index (χ0n) is 11.0. The number of aliphatic hydroxyl groups excluding tert-OH is 1. The predicted molar refractivity (Wildman–Crippen MR) is 77.1 cm³/mol. The number of piperidine rings is 1. The minimum absolute atomic E-state index is 0.123. The molecule has 2 saturated heterocycles. The van der Waals surface area contributed by atoms with Gasteiger partial charge in [-0.3, -0.25) is 4.79 Å². The zero-order chi connectivity index (χ0) is 13.6. The molecule has 2 unspecified atom stereocenters. The van der Waals surface area contributed by atoms with Crippen molar-refractivity contribution in [3.63, 3.8) is 0 Å². The summed E-state index contributed by atoms with van der Waals surface area (Å²) in [5.74, 6) is 0.123. The van der Waals surface area contributed by atoms with Crippen LogP contribution >= 0.6 is 15.9 Å². The van der Waals surface area contributed by atoms with E-state index in [1.165, 1.54) is 0 Å². The fraction of sp³-hybridized carbons (Fsp3) is 0.533. The van der Waals surface area contributed by atoms with Crippen molar-refractivity contribution >= 4 is 21.8 Å². The number of carbonyl (C=O) groups is 1. The average molecular weight is 324 g/mol. The van der Waals surface area contributed by atoms with E-state index in [9.17, 15) is 9.90 Å². The molecule has 2 aliphatic rings. The second-order valence-electron chi connectivity index (χ2n) is 5.64. The number of hydrogen-bond donors (Lipinski definition) is 1. The number of fused-ring (bicyclic) bond motifs is 2. The molecular weight excluding hydrogens is 306 g/mol. The third-order valence-corrected chi connectivity index (χ3v) is 5.30. The molecule has 1 N–H and O–H groups in total. The van der Waals surface area contributed by atoms with Crippen molar-refractivity contribution in [1.82, 2.24) is 4.90 Å². The minimum Gasteiger partial charge on any atom is -0.393 e. The molecule has 2 bridgehead atoms. The number of benzene rings is 1. The number of halogens is 1. The van der Waals surface area contributed by atoms with Gasteiger partial charge in [-0.2, -0.15) is 0 Å². The minimum atomic E-state index is -0.231. The first-order chi connectivity index (χ1) is 9.08. The van der Waals surface area contributed by atoms with E-state index in [2.05, 4.69) is 15.9 Å². The maximum Gasteiger partial charge on any atom is 0.254 e. The van der Waals surface area contributed by atoms with Gasteiger partial charge >= 0.3 is 0 Å². The van der Waals surface area contributed by atoms with Crippen LogP contribution in [-0.2, 0) is 0 Å². The predicted octanol–water partition coefficient (Wildman–Crippen LogP) is 2.89. The summed E-state index contributed by atoms with van der Waals surface area (Å²) in [6.07, 6.45) is 3.29. The average Bonchev–Trinajstić information content (AvgIpc) is 2.64. The first-order valence-electron chi connectivity index (χ1n) is 6.83. The van der Waals surface area contributed by atoms with Crippen molar-refractivity contribution < 1.29 is 9.90 Å². The van der Waals surface area contributed by atoms with E-state index in [0.717, 1.165) is 41.3 Å². The summed E-state index contributed by atoms with van der Waals surface area (Å²) in [5.41, 5.74) is 1.78. The van der Waals surface area contributed by atoms with E-state index >= 15 is 0 Å².